The second kappa shape index (κ2) is 10.1. The Balaban J connectivity index is 1.67. The Morgan fingerprint density at radius 3 is 1.95 bits per heavy atom. The summed E-state index contributed by atoms with van der Waals surface area (Å²) in [5.41, 5.74) is 11.9. The van der Waals surface area contributed by atoms with Gasteiger partial charge in [0.1, 0.15) is 0 Å². The van der Waals surface area contributed by atoms with Crippen LogP contribution in [-0.4, -0.2) is 0 Å². The quantitative estimate of drug-likeness (QED) is 0.216. The van der Waals surface area contributed by atoms with Gasteiger partial charge >= 0.3 is 0 Å². The minimum absolute atomic E-state index is 0.0420. The first-order chi connectivity index (χ1) is 20.0. The third kappa shape index (κ3) is 4.41. The van der Waals surface area contributed by atoms with Crippen LogP contribution in [0.15, 0.2) is 133 Å². The molecule has 5 aromatic carbocycles. The van der Waals surface area contributed by atoms with Crippen molar-refractivity contribution in [1.82, 2.24) is 0 Å². The number of fused-ring (bicyclic) bond motifs is 2. The smallest absolute Gasteiger partial charge is 0.00325 e. The average molecular weight is 527 g/mol. The molecule has 0 amide bonds. The Morgan fingerprint density at radius 1 is 0.610 bits per heavy atom. The van der Waals surface area contributed by atoms with Gasteiger partial charge in [-0.3, -0.25) is 0 Å². The summed E-state index contributed by atoms with van der Waals surface area (Å²) in [6, 6.07) is 44.3. The summed E-state index contributed by atoms with van der Waals surface area (Å²) in [7, 11) is 0. The number of benzene rings is 5. The van der Waals surface area contributed by atoms with Gasteiger partial charge in [-0.1, -0.05) is 154 Å². The van der Waals surface area contributed by atoms with Gasteiger partial charge in [0.25, 0.3) is 0 Å². The number of allylic oxidation sites excluding steroid dienone is 4. The number of hydrogen-bond acceptors (Lipinski definition) is 0. The predicted octanol–water partition coefficient (Wildman–Crippen LogP) is 8.53. The first-order valence-electron chi connectivity index (χ1n) is 14.6. The van der Waals surface area contributed by atoms with E-state index in [1.807, 2.05) is 0 Å². The van der Waals surface area contributed by atoms with Crippen LogP contribution in [0.25, 0.3) is 22.8 Å². The van der Waals surface area contributed by atoms with Crippen LogP contribution < -0.4 is 10.4 Å². The van der Waals surface area contributed by atoms with E-state index in [0.29, 0.717) is 0 Å². The van der Waals surface area contributed by atoms with Crippen molar-refractivity contribution in [2.75, 3.05) is 0 Å². The first-order valence-corrected chi connectivity index (χ1v) is 14.6. The molecule has 2 aliphatic carbocycles. The van der Waals surface area contributed by atoms with E-state index in [2.05, 4.69) is 160 Å². The summed E-state index contributed by atoms with van der Waals surface area (Å²) in [4.78, 5) is 0. The number of hydrogen-bond donors (Lipinski definition) is 0. The molecule has 0 aromatic heterocycles. The minimum Gasteiger partial charge on any atom is -0.0795 e. The van der Waals surface area contributed by atoms with Gasteiger partial charge in [0.15, 0.2) is 0 Å². The zero-order valence-electron chi connectivity index (χ0n) is 24.0. The van der Waals surface area contributed by atoms with Crippen molar-refractivity contribution in [3.63, 3.8) is 0 Å². The lowest BCUT2D eigenvalue weighted by atomic mass is 9.80. The van der Waals surface area contributed by atoms with Crippen molar-refractivity contribution in [2.24, 2.45) is 0 Å². The summed E-state index contributed by atoms with van der Waals surface area (Å²) >= 11 is 0. The van der Waals surface area contributed by atoms with Crippen LogP contribution in [0.2, 0.25) is 0 Å². The Hall–Kier alpha value is -4.68. The van der Waals surface area contributed by atoms with E-state index < -0.39 is 0 Å². The summed E-state index contributed by atoms with van der Waals surface area (Å²) < 4.78 is 0. The zero-order valence-corrected chi connectivity index (χ0v) is 24.0. The van der Waals surface area contributed by atoms with E-state index in [9.17, 15) is 0 Å². The van der Waals surface area contributed by atoms with Crippen molar-refractivity contribution < 1.29 is 0 Å². The lowest BCUT2D eigenvalue weighted by Crippen LogP contribution is -2.17. The minimum atomic E-state index is 0.0420. The summed E-state index contributed by atoms with van der Waals surface area (Å²) in [6.07, 6.45) is 8.03. The molecule has 2 aliphatic rings. The molecule has 0 fully saturated rings. The molecule has 0 bridgehead atoms. The molecule has 0 N–H and O–H groups in total. The highest BCUT2D eigenvalue weighted by Crippen LogP contribution is 2.40. The third-order valence-corrected chi connectivity index (χ3v) is 8.45. The van der Waals surface area contributed by atoms with Crippen molar-refractivity contribution in [3.8, 4) is 0 Å². The van der Waals surface area contributed by atoms with Gasteiger partial charge in [0.05, 0.1) is 0 Å². The van der Waals surface area contributed by atoms with Gasteiger partial charge in [-0.2, -0.15) is 0 Å². The van der Waals surface area contributed by atoms with Gasteiger partial charge in [-0.25, -0.2) is 0 Å². The molecule has 0 aliphatic heterocycles. The monoisotopic (exact) mass is 526 g/mol. The molecule has 0 spiro atoms. The first kappa shape index (κ1) is 25.3. The Labute approximate surface area is 242 Å². The molecule has 0 saturated heterocycles. The maximum Gasteiger partial charge on any atom is -0.00325 e. The highest BCUT2D eigenvalue weighted by Gasteiger charge is 2.25. The standard InChI is InChI=1S/C41H34/c1-41(2,3)38-24-13-12-21-34(38)32-22-14-23-35(32)40-36(26-25-33-31-20-11-10-19-30(31)27-37(33)40)39(28-15-6-4-7-16-28)29-17-8-5-9-18-29/h4-22,24-27H,23H2,1-3H3. The van der Waals surface area contributed by atoms with Crippen LogP contribution in [0.4, 0.5) is 0 Å². The maximum atomic E-state index is 2.41. The normalized spacial score (nSPS) is 13.6. The molecule has 0 saturated carbocycles. The van der Waals surface area contributed by atoms with E-state index in [-0.39, 0.29) is 5.41 Å². The Bertz CT molecular complexity index is 2020. The summed E-state index contributed by atoms with van der Waals surface area (Å²) in [5, 5.41) is 5.22. The number of rotatable bonds is 4. The van der Waals surface area contributed by atoms with E-state index in [1.165, 1.54) is 71.0 Å². The molecule has 0 unspecified atom stereocenters. The fourth-order valence-corrected chi connectivity index (χ4v) is 6.61. The van der Waals surface area contributed by atoms with E-state index in [4.69, 9.17) is 0 Å². The molecule has 41 heavy (non-hydrogen) atoms. The van der Waals surface area contributed by atoms with E-state index in [0.717, 1.165) is 6.42 Å². The summed E-state index contributed by atoms with van der Waals surface area (Å²) in [5.74, 6) is 0. The van der Waals surface area contributed by atoms with Gasteiger partial charge < -0.3 is 0 Å². The van der Waals surface area contributed by atoms with Crippen LogP contribution in [-0.2, 0) is 5.41 Å². The Morgan fingerprint density at radius 2 is 1.24 bits per heavy atom. The fraction of sp³-hybridized carbons (Fsp3) is 0.122. The molecule has 0 heterocycles. The molecule has 198 valence electrons. The van der Waals surface area contributed by atoms with Crippen molar-refractivity contribution in [1.29, 1.82) is 0 Å². The second-order valence-electron chi connectivity index (χ2n) is 12.1. The maximum absolute atomic E-state index is 2.41. The van der Waals surface area contributed by atoms with Crippen LogP contribution in [0.3, 0.4) is 0 Å². The highest BCUT2D eigenvalue weighted by atomic mass is 14.3. The van der Waals surface area contributed by atoms with Crippen molar-refractivity contribution in [3.05, 3.63) is 188 Å². The molecule has 0 radical (unpaired) electrons. The van der Waals surface area contributed by atoms with E-state index in [1.54, 1.807) is 0 Å². The van der Waals surface area contributed by atoms with Gasteiger partial charge in [-0.05, 0) is 88.9 Å². The van der Waals surface area contributed by atoms with Gasteiger partial charge in [-0.15, -0.1) is 0 Å². The molecular formula is C41H34. The summed E-state index contributed by atoms with van der Waals surface area (Å²) in [6.45, 7) is 6.95. The molecule has 0 heteroatoms. The zero-order chi connectivity index (χ0) is 28.0. The third-order valence-electron chi connectivity index (χ3n) is 8.45. The molecule has 7 rings (SSSR count). The van der Waals surface area contributed by atoms with Crippen LogP contribution in [0.5, 0.6) is 0 Å². The highest BCUT2D eigenvalue weighted by molar-refractivity contribution is 6.02. The predicted molar refractivity (Wildman–Crippen MR) is 174 cm³/mol. The van der Waals surface area contributed by atoms with Gasteiger partial charge in [0.2, 0.25) is 0 Å². The fourth-order valence-electron chi connectivity index (χ4n) is 6.61. The topological polar surface area (TPSA) is 0 Å². The average Bonchev–Trinajstić information content (AvgIpc) is 3.63. The molecule has 5 aromatic rings. The second-order valence-corrected chi connectivity index (χ2v) is 12.1. The lowest BCUT2D eigenvalue weighted by Gasteiger charge is -2.24. The van der Waals surface area contributed by atoms with Crippen LogP contribution >= 0.6 is 0 Å². The molecule has 0 atom stereocenters. The Kier molecular flexibility index (Phi) is 6.20. The molecular weight excluding hydrogens is 492 g/mol. The van der Waals surface area contributed by atoms with Crippen molar-refractivity contribution >= 4 is 22.8 Å². The van der Waals surface area contributed by atoms with Crippen molar-refractivity contribution in [2.45, 2.75) is 32.6 Å². The van der Waals surface area contributed by atoms with Crippen LogP contribution in [0, 0.1) is 10.4 Å². The lowest BCUT2D eigenvalue weighted by molar-refractivity contribution is 0.589. The molecule has 0 nitrogen and oxygen atoms in total. The van der Waals surface area contributed by atoms with E-state index >= 15 is 0 Å². The largest absolute Gasteiger partial charge is 0.0795 e. The SMILES string of the molecule is CC(C)(C)c1ccccc1C1=C(c2c3c(ccc2=C(c2ccccc2)c2ccccc2)=c2ccccc2=C3)CC=C1. The van der Waals surface area contributed by atoms with Crippen LogP contribution in [0.1, 0.15) is 60.6 Å². The van der Waals surface area contributed by atoms with Gasteiger partial charge in [0, 0.05) is 0 Å².